The van der Waals surface area contributed by atoms with E-state index in [9.17, 15) is 0 Å². The van der Waals surface area contributed by atoms with Gasteiger partial charge >= 0.3 is 61.8 Å². The van der Waals surface area contributed by atoms with Crippen LogP contribution in [0.2, 0.25) is 0 Å². The van der Waals surface area contributed by atoms with Crippen molar-refractivity contribution in [2.75, 3.05) is 0 Å². The van der Waals surface area contributed by atoms with Gasteiger partial charge in [0, 0.05) is 17.1 Å². The molecule has 0 radical (unpaired) electrons. The Labute approximate surface area is 113 Å². The van der Waals surface area contributed by atoms with Gasteiger partial charge in [-0.2, -0.15) is 8.42 Å². The third-order valence-corrected chi connectivity index (χ3v) is 0. The Morgan fingerprint density at radius 1 is 1.25 bits per heavy atom. The van der Waals surface area contributed by atoms with Gasteiger partial charge in [-0.25, -0.2) is 0 Å². The molecule has 0 saturated carbocycles. The summed E-state index contributed by atoms with van der Waals surface area (Å²) in [5, 5.41) is 0. The Morgan fingerprint density at radius 3 is 1.25 bits per heavy atom. The maximum absolute atomic E-state index is 8.74. The van der Waals surface area contributed by atoms with E-state index in [0.29, 0.717) is 0 Å². The molecule has 8 heteroatoms. The van der Waals surface area contributed by atoms with Crippen molar-refractivity contribution < 1.29 is 87.4 Å². The molecule has 0 bridgehead atoms. The van der Waals surface area contributed by atoms with E-state index in [1.165, 1.54) is 0 Å². The van der Waals surface area contributed by atoms with Gasteiger partial charge in [0.05, 0.1) is 0 Å². The molecule has 0 amide bonds. The fourth-order valence-corrected chi connectivity index (χ4v) is 0. The molecule has 48 valence electrons. The number of hydrogen-bond donors (Lipinski definition) is 2. The maximum Gasteiger partial charge on any atom is 1.00 e. The number of rotatable bonds is 0. The first kappa shape index (κ1) is 22.4. The molecule has 2 N–H and O–H groups in total. The summed E-state index contributed by atoms with van der Waals surface area (Å²) < 4.78 is 31.6. The van der Waals surface area contributed by atoms with Crippen molar-refractivity contribution in [1.29, 1.82) is 0 Å². The van der Waals surface area contributed by atoms with E-state index >= 15 is 0 Å². The van der Waals surface area contributed by atoms with Crippen LogP contribution in [0.3, 0.4) is 0 Å². The van der Waals surface area contributed by atoms with E-state index in [4.69, 9.17) is 17.5 Å². The van der Waals surface area contributed by atoms with Crippen LogP contribution < -0.4 is 51.4 Å². The van der Waals surface area contributed by atoms with Crippen molar-refractivity contribution in [3.63, 3.8) is 0 Å². The number of hydrogen-bond acceptors (Lipinski definition) is 2. The van der Waals surface area contributed by atoms with E-state index in [0.717, 1.165) is 0 Å². The van der Waals surface area contributed by atoms with Crippen LogP contribution in [-0.4, -0.2) is 34.9 Å². The molecule has 0 aromatic rings. The zero-order valence-electron chi connectivity index (χ0n) is 4.47. The monoisotopic (exact) mass is 224 g/mol. The van der Waals surface area contributed by atoms with Crippen LogP contribution >= 0.6 is 0 Å². The molecule has 0 aliphatic carbocycles. The standard InChI is InChI=1S/Al.Fe.K.H2O4S.4H/c;;;1-5(2,3)4;;;;/h;;;(H2,1,2,3,4);;;;/q;;+1;;;;;-1. The zero-order valence-corrected chi connectivity index (χ0v) is 8.52. The minimum atomic E-state index is -4.67. The van der Waals surface area contributed by atoms with Gasteiger partial charge in [-0.05, 0) is 0 Å². The van der Waals surface area contributed by atoms with Crippen molar-refractivity contribution in [3.8, 4) is 0 Å². The molecule has 0 rings (SSSR count). The molecular formula is H6AlFeKO4S. The van der Waals surface area contributed by atoms with Crippen molar-refractivity contribution in [2.24, 2.45) is 0 Å². The summed E-state index contributed by atoms with van der Waals surface area (Å²) in [4.78, 5) is 0. The van der Waals surface area contributed by atoms with Crippen molar-refractivity contribution in [3.05, 3.63) is 0 Å². The van der Waals surface area contributed by atoms with Gasteiger partial charge in [0.1, 0.15) is 0 Å². The topological polar surface area (TPSA) is 74.6 Å². The van der Waals surface area contributed by atoms with E-state index in [-0.39, 0.29) is 87.2 Å². The first-order valence-electron chi connectivity index (χ1n) is 0.698. The van der Waals surface area contributed by atoms with Crippen LogP contribution in [0, 0.1) is 0 Å². The van der Waals surface area contributed by atoms with E-state index in [1.54, 1.807) is 0 Å². The van der Waals surface area contributed by atoms with Crippen LogP contribution in [0.5, 0.6) is 0 Å². The van der Waals surface area contributed by atoms with Crippen molar-refractivity contribution in [2.45, 2.75) is 0 Å². The smallest absolute Gasteiger partial charge is 1.00 e. The van der Waals surface area contributed by atoms with Crippen molar-refractivity contribution in [1.82, 2.24) is 0 Å². The summed E-state index contributed by atoms with van der Waals surface area (Å²) in [7, 11) is -4.67. The average Bonchev–Trinajstić information content (AvgIpc) is 0.722. The maximum atomic E-state index is 8.74. The van der Waals surface area contributed by atoms with Crippen LogP contribution in [0.4, 0.5) is 0 Å². The van der Waals surface area contributed by atoms with Gasteiger partial charge in [-0.1, -0.05) is 0 Å². The Morgan fingerprint density at radius 2 is 1.25 bits per heavy atom. The van der Waals surface area contributed by atoms with Gasteiger partial charge < -0.3 is 1.43 Å². The normalized spacial score (nSPS) is 7.25. The molecule has 8 heavy (non-hydrogen) atoms. The molecule has 0 saturated heterocycles. The van der Waals surface area contributed by atoms with E-state index < -0.39 is 10.4 Å². The molecule has 0 aliphatic rings. The average molecular weight is 224 g/mol. The largest absolute Gasteiger partial charge is 1.00 e. The molecule has 0 atom stereocenters. The molecule has 0 fully saturated rings. The summed E-state index contributed by atoms with van der Waals surface area (Å²) in [6.07, 6.45) is 0. The van der Waals surface area contributed by atoms with Crippen LogP contribution in [0.1, 0.15) is 1.43 Å². The van der Waals surface area contributed by atoms with Gasteiger partial charge in [0.15, 0.2) is 17.4 Å². The quantitative estimate of drug-likeness (QED) is 0.320. The predicted molar refractivity (Wildman–Crippen MR) is 25.2 cm³/mol. The second-order valence-corrected chi connectivity index (χ2v) is 1.34. The molecule has 0 spiro atoms. The fraction of sp³-hybridized carbons (Fsp3) is 0. The molecule has 0 heterocycles. The Balaban J connectivity index is -0.0000000133. The summed E-state index contributed by atoms with van der Waals surface area (Å²) in [6.45, 7) is 0. The van der Waals surface area contributed by atoms with E-state index in [2.05, 4.69) is 0 Å². The van der Waals surface area contributed by atoms with Crippen LogP contribution in [0.25, 0.3) is 0 Å². The molecular weight excluding hydrogens is 218 g/mol. The molecule has 0 aromatic carbocycles. The second kappa shape index (κ2) is 9.56. The molecule has 0 aromatic heterocycles. The first-order valence-corrected chi connectivity index (χ1v) is 2.10. The SMILES string of the molecule is O=S(=O)(O)O.[AlH3].[Fe].[H-].[K+]. The third-order valence-electron chi connectivity index (χ3n) is 0. The zero-order chi connectivity index (χ0) is 4.50. The molecule has 0 aliphatic heterocycles. The summed E-state index contributed by atoms with van der Waals surface area (Å²) in [6, 6.07) is 0. The van der Waals surface area contributed by atoms with Crippen LogP contribution in [-0.2, 0) is 27.5 Å². The van der Waals surface area contributed by atoms with E-state index in [1.807, 2.05) is 0 Å². The third kappa shape index (κ3) is 74.7. The molecule has 4 nitrogen and oxygen atoms in total. The Bertz CT molecular complexity index is 104. The fourth-order valence-electron chi connectivity index (χ4n) is 0. The summed E-state index contributed by atoms with van der Waals surface area (Å²) >= 11 is 0. The summed E-state index contributed by atoms with van der Waals surface area (Å²) in [5.74, 6) is 0. The second-order valence-electron chi connectivity index (χ2n) is 0.448. The van der Waals surface area contributed by atoms with Crippen molar-refractivity contribution >= 4 is 27.8 Å². The van der Waals surface area contributed by atoms with Gasteiger partial charge in [0.25, 0.3) is 0 Å². The van der Waals surface area contributed by atoms with Gasteiger partial charge in [-0.15, -0.1) is 0 Å². The van der Waals surface area contributed by atoms with Gasteiger partial charge in [-0.3, -0.25) is 9.11 Å². The van der Waals surface area contributed by atoms with Crippen LogP contribution in [0.15, 0.2) is 0 Å². The minimum absolute atomic E-state index is 0. The minimum Gasteiger partial charge on any atom is -1.00 e. The Hall–Kier alpha value is 2.56. The Kier molecular flexibility index (Phi) is 26.8. The van der Waals surface area contributed by atoms with Gasteiger partial charge in [0.2, 0.25) is 0 Å². The first-order chi connectivity index (χ1) is 2.00. The summed E-state index contributed by atoms with van der Waals surface area (Å²) in [5.41, 5.74) is 0. The molecule has 0 unspecified atom stereocenters. The predicted octanol–water partition coefficient (Wildman–Crippen LogP) is -4.72.